The molecule has 0 bridgehead atoms. The van der Waals surface area contributed by atoms with Crippen molar-refractivity contribution in [2.24, 2.45) is 5.73 Å². The molecule has 1 aromatic heterocycles. The molecular formula is C9H10F2N2O4S. The van der Waals surface area contributed by atoms with Gasteiger partial charge in [-0.1, -0.05) is 11.3 Å². The van der Waals surface area contributed by atoms with Crippen LogP contribution in [-0.4, -0.2) is 23.4 Å². The minimum atomic E-state index is -3.93. The molecule has 0 radical (unpaired) electrons. The number of ether oxygens (including phenoxy) is 1. The summed E-state index contributed by atoms with van der Waals surface area (Å²) in [6.07, 6.45) is 0. The lowest BCUT2D eigenvalue weighted by molar-refractivity contribution is -0.380. The standard InChI is InChI=1S/C9H10F2N2O4S/c1-2-17-8(14)9(10,11)7(12)5-3-6(13(15)16)18-4-5/h3-4,7H,2,12H2,1H3/t7-/m0/s1. The molecule has 100 valence electrons. The van der Waals surface area contributed by atoms with Gasteiger partial charge < -0.3 is 10.5 Å². The number of esters is 1. The van der Waals surface area contributed by atoms with Crippen LogP contribution < -0.4 is 5.73 Å². The smallest absolute Gasteiger partial charge is 0.379 e. The van der Waals surface area contributed by atoms with Gasteiger partial charge >= 0.3 is 16.9 Å². The molecule has 0 aliphatic carbocycles. The number of thiophene rings is 1. The number of rotatable bonds is 5. The third-order valence-electron chi connectivity index (χ3n) is 2.08. The van der Waals surface area contributed by atoms with Gasteiger partial charge in [-0.2, -0.15) is 8.78 Å². The van der Waals surface area contributed by atoms with E-state index in [-0.39, 0.29) is 17.2 Å². The Hall–Kier alpha value is -1.61. The molecule has 0 amide bonds. The summed E-state index contributed by atoms with van der Waals surface area (Å²) in [5.74, 6) is -5.67. The molecule has 0 unspecified atom stereocenters. The Balaban J connectivity index is 2.94. The molecule has 0 saturated heterocycles. The number of halogens is 2. The SMILES string of the molecule is CCOC(=O)C(F)(F)[C@@H](N)c1csc([N+](=O)[O-])c1. The van der Waals surface area contributed by atoms with Gasteiger partial charge in [-0.25, -0.2) is 4.79 Å². The van der Waals surface area contributed by atoms with E-state index in [1.807, 2.05) is 0 Å². The molecule has 0 spiro atoms. The summed E-state index contributed by atoms with van der Waals surface area (Å²) in [5.41, 5.74) is 5.07. The van der Waals surface area contributed by atoms with Crippen LogP contribution in [0.3, 0.4) is 0 Å². The number of hydrogen-bond acceptors (Lipinski definition) is 6. The second-order valence-electron chi connectivity index (χ2n) is 3.30. The summed E-state index contributed by atoms with van der Waals surface area (Å²) in [4.78, 5) is 20.7. The average Bonchev–Trinajstić information content (AvgIpc) is 2.77. The predicted molar refractivity (Wildman–Crippen MR) is 59.5 cm³/mol. The van der Waals surface area contributed by atoms with Crippen molar-refractivity contribution in [1.29, 1.82) is 0 Å². The Morgan fingerprint density at radius 1 is 1.72 bits per heavy atom. The fourth-order valence-corrected chi connectivity index (χ4v) is 1.92. The summed E-state index contributed by atoms with van der Waals surface area (Å²) in [5, 5.41) is 11.2. The van der Waals surface area contributed by atoms with Crippen LogP contribution in [0.5, 0.6) is 0 Å². The Morgan fingerprint density at radius 3 is 2.78 bits per heavy atom. The fraction of sp³-hybridized carbons (Fsp3) is 0.444. The van der Waals surface area contributed by atoms with Crippen molar-refractivity contribution in [1.82, 2.24) is 0 Å². The maximum absolute atomic E-state index is 13.5. The molecule has 0 aromatic carbocycles. The largest absolute Gasteiger partial charge is 0.462 e. The van der Waals surface area contributed by atoms with Gasteiger partial charge in [0.2, 0.25) is 0 Å². The second kappa shape index (κ2) is 5.36. The van der Waals surface area contributed by atoms with E-state index in [0.717, 1.165) is 11.4 Å². The van der Waals surface area contributed by atoms with Crippen molar-refractivity contribution in [2.75, 3.05) is 6.61 Å². The first kappa shape index (κ1) is 14.5. The van der Waals surface area contributed by atoms with Crippen LogP contribution >= 0.6 is 11.3 Å². The minimum Gasteiger partial charge on any atom is -0.462 e. The Morgan fingerprint density at radius 2 is 2.33 bits per heavy atom. The minimum absolute atomic E-state index is 0.176. The highest BCUT2D eigenvalue weighted by Crippen LogP contribution is 2.35. The van der Waals surface area contributed by atoms with Crippen LogP contribution in [0.25, 0.3) is 0 Å². The number of carbonyl (C=O) groups excluding carboxylic acids is 1. The molecule has 9 heteroatoms. The molecule has 0 fully saturated rings. The highest BCUT2D eigenvalue weighted by molar-refractivity contribution is 7.13. The van der Waals surface area contributed by atoms with E-state index < -0.39 is 22.9 Å². The Kier molecular flexibility index (Phi) is 4.30. The number of nitro groups is 1. The Labute approximate surface area is 104 Å². The molecule has 1 heterocycles. The fourth-order valence-electron chi connectivity index (χ4n) is 1.16. The van der Waals surface area contributed by atoms with E-state index in [0.29, 0.717) is 11.3 Å². The van der Waals surface area contributed by atoms with Gasteiger partial charge in [0.15, 0.2) is 0 Å². The Bertz CT molecular complexity index is 463. The summed E-state index contributed by atoms with van der Waals surface area (Å²) in [7, 11) is 0. The molecule has 1 atom stereocenters. The monoisotopic (exact) mass is 280 g/mol. The summed E-state index contributed by atoms with van der Waals surface area (Å²) < 4.78 is 31.3. The van der Waals surface area contributed by atoms with E-state index in [1.165, 1.54) is 6.92 Å². The first-order valence-electron chi connectivity index (χ1n) is 4.84. The van der Waals surface area contributed by atoms with Gasteiger partial charge in [-0.15, -0.1) is 0 Å². The molecule has 1 aromatic rings. The van der Waals surface area contributed by atoms with Crippen molar-refractivity contribution in [3.05, 3.63) is 27.1 Å². The predicted octanol–water partition coefficient (Wildman–Crippen LogP) is 1.85. The molecule has 2 N–H and O–H groups in total. The number of carbonyl (C=O) groups is 1. The quantitative estimate of drug-likeness (QED) is 0.504. The molecule has 0 aliphatic heterocycles. The maximum Gasteiger partial charge on any atom is 0.379 e. The average molecular weight is 280 g/mol. The van der Waals surface area contributed by atoms with Crippen LogP contribution in [0, 0.1) is 10.1 Å². The van der Waals surface area contributed by atoms with Gasteiger partial charge in [0, 0.05) is 11.4 Å². The second-order valence-corrected chi connectivity index (χ2v) is 4.19. The van der Waals surface area contributed by atoms with Crippen molar-refractivity contribution < 1.29 is 23.2 Å². The summed E-state index contributed by atoms with van der Waals surface area (Å²) >= 11 is 0.663. The number of nitrogens with zero attached hydrogens (tertiary/aromatic N) is 1. The number of alkyl halides is 2. The van der Waals surface area contributed by atoms with Gasteiger partial charge in [0.25, 0.3) is 0 Å². The van der Waals surface area contributed by atoms with E-state index in [2.05, 4.69) is 4.74 Å². The van der Waals surface area contributed by atoms with Crippen LogP contribution in [0.15, 0.2) is 11.4 Å². The van der Waals surface area contributed by atoms with Crippen LogP contribution in [0.2, 0.25) is 0 Å². The number of nitrogens with two attached hydrogens (primary N) is 1. The molecule has 18 heavy (non-hydrogen) atoms. The first-order chi connectivity index (χ1) is 8.30. The molecule has 6 nitrogen and oxygen atoms in total. The van der Waals surface area contributed by atoms with Gasteiger partial charge in [-0.05, 0) is 12.5 Å². The van der Waals surface area contributed by atoms with E-state index in [4.69, 9.17) is 5.73 Å². The number of hydrogen-bond donors (Lipinski definition) is 1. The zero-order valence-electron chi connectivity index (χ0n) is 9.26. The molecular weight excluding hydrogens is 270 g/mol. The van der Waals surface area contributed by atoms with Crippen LogP contribution in [0.1, 0.15) is 18.5 Å². The van der Waals surface area contributed by atoms with Crippen molar-refractivity contribution in [3.8, 4) is 0 Å². The topological polar surface area (TPSA) is 95.5 Å². The van der Waals surface area contributed by atoms with Gasteiger partial charge in [0.05, 0.1) is 11.5 Å². The zero-order valence-corrected chi connectivity index (χ0v) is 10.1. The highest BCUT2D eigenvalue weighted by Gasteiger charge is 2.48. The van der Waals surface area contributed by atoms with Gasteiger partial charge in [-0.3, -0.25) is 10.1 Å². The van der Waals surface area contributed by atoms with Crippen LogP contribution in [0.4, 0.5) is 13.8 Å². The maximum atomic E-state index is 13.5. The third kappa shape index (κ3) is 2.79. The molecule has 0 saturated carbocycles. The lowest BCUT2D eigenvalue weighted by Gasteiger charge is -2.20. The third-order valence-corrected chi connectivity index (χ3v) is 2.98. The van der Waals surface area contributed by atoms with Crippen molar-refractivity contribution in [3.63, 3.8) is 0 Å². The zero-order chi connectivity index (χ0) is 13.9. The normalized spacial score (nSPS) is 13.1. The first-order valence-corrected chi connectivity index (χ1v) is 5.72. The van der Waals surface area contributed by atoms with Gasteiger partial charge in [0.1, 0.15) is 6.04 Å². The molecule has 1 rings (SSSR count). The van der Waals surface area contributed by atoms with E-state index in [9.17, 15) is 23.7 Å². The summed E-state index contributed by atoms with van der Waals surface area (Å²) in [6, 6.07) is -1.05. The van der Waals surface area contributed by atoms with Crippen molar-refractivity contribution in [2.45, 2.75) is 18.9 Å². The highest BCUT2D eigenvalue weighted by atomic mass is 32.1. The summed E-state index contributed by atoms with van der Waals surface area (Å²) in [6.45, 7) is 1.18. The van der Waals surface area contributed by atoms with E-state index >= 15 is 0 Å². The lowest BCUT2D eigenvalue weighted by atomic mass is 10.1. The lowest BCUT2D eigenvalue weighted by Crippen LogP contribution is -2.41. The van der Waals surface area contributed by atoms with Crippen molar-refractivity contribution >= 4 is 22.3 Å². The molecule has 0 aliphatic rings. The van der Waals surface area contributed by atoms with E-state index in [1.54, 1.807) is 0 Å². The van der Waals surface area contributed by atoms with Crippen LogP contribution in [-0.2, 0) is 9.53 Å².